The van der Waals surface area contributed by atoms with Crippen molar-refractivity contribution in [1.82, 2.24) is 9.55 Å². The third-order valence-corrected chi connectivity index (χ3v) is 4.79. The zero-order valence-corrected chi connectivity index (χ0v) is 14.9. The number of hydrogen-bond donors (Lipinski definition) is 1. The molecule has 0 aliphatic rings. The lowest BCUT2D eigenvalue weighted by molar-refractivity contribution is -0.115. The highest BCUT2D eigenvalue weighted by molar-refractivity contribution is 8.00. The van der Waals surface area contributed by atoms with E-state index >= 15 is 0 Å². The van der Waals surface area contributed by atoms with Gasteiger partial charge in [0.05, 0.1) is 10.9 Å². The summed E-state index contributed by atoms with van der Waals surface area (Å²) in [5, 5.41) is 3.41. The van der Waals surface area contributed by atoms with Gasteiger partial charge in [0, 0.05) is 23.1 Å². The third-order valence-electron chi connectivity index (χ3n) is 3.48. The van der Waals surface area contributed by atoms with Crippen molar-refractivity contribution >= 4 is 35.0 Å². The van der Waals surface area contributed by atoms with E-state index < -0.39 is 11.1 Å². The quantitative estimate of drug-likeness (QED) is 0.652. The molecule has 0 aliphatic carbocycles. The summed E-state index contributed by atoms with van der Waals surface area (Å²) in [5.74, 6) is -0.760. The normalized spacial score (nSPS) is 12.0. The van der Waals surface area contributed by atoms with Crippen LogP contribution in [0.3, 0.4) is 0 Å². The van der Waals surface area contributed by atoms with E-state index in [0.29, 0.717) is 10.2 Å². The standard InChI is InChI=1S/C18H15ClFN3OS/c1-12(17(24)22-16-8-3-2-7-15(16)20)25-18-21-9-10-23(18)14-6-4-5-13(19)11-14/h2-12H,1H3,(H,22,24)/t12-/m1/s1. The van der Waals surface area contributed by atoms with Gasteiger partial charge in [-0.15, -0.1) is 0 Å². The van der Waals surface area contributed by atoms with Crippen LogP contribution in [0.25, 0.3) is 5.69 Å². The number of rotatable bonds is 5. The average Bonchev–Trinajstić information content (AvgIpc) is 3.05. The molecular weight excluding hydrogens is 361 g/mol. The van der Waals surface area contributed by atoms with E-state index in [0.717, 1.165) is 5.69 Å². The second-order valence-electron chi connectivity index (χ2n) is 5.29. The molecule has 0 bridgehead atoms. The fourth-order valence-electron chi connectivity index (χ4n) is 2.21. The Morgan fingerprint density at radius 2 is 2.08 bits per heavy atom. The molecule has 1 N–H and O–H groups in total. The molecule has 3 aromatic rings. The summed E-state index contributed by atoms with van der Waals surface area (Å²) in [4.78, 5) is 16.6. The van der Waals surface area contributed by atoms with E-state index in [1.807, 2.05) is 22.8 Å². The van der Waals surface area contributed by atoms with Gasteiger partial charge in [0.25, 0.3) is 0 Å². The molecule has 7 heteroatoms. The molecule has 0 aliphatic heterocycles. The summed E-state index contributed by atoms with van der Waals surface area (Å²) < 4.78 is 15.5. The number of hydrogen-bond acceptors (Lipinski definition) is 3. The SMILES string of the molecule is C[C@@H](Sc1nccn1-c1cccc(Cl)c1)C(=O)Nc1ccccc1F. The minimum absolute atomic E-state index is 0.165. The molecular formula is C18H15ClFN3OS. The van der Waals surface area contributed by atoms with Gasteiger partial charge >= 0.3 is 0 Å². The van der Waals surface area contributed by atoms with Crippen LogP contribution in [0.5, 0.6) is 0 Å². The number of aromatic nitrogens is 2. The van der Waals surface area contributed by atoms with E-state index in [1.54, 1.807) is 37.5 Å². The lowest BCUT2D eigenvalue weighted by atomic mass is 10.3. The molecule has 1 amide bonds. The number of benzene rings is 2. The van der Waals surface area contributed by atoms with Gasteiger partial charge in [-0.3, -0.25) is 9.36 Å². The lowest BCUT2D eigenvalue weighted by Gasteiger charge is -2.13. The molecule has 0 fully saturated rings. The van der Waals surface area contributed by atoms with Gasteiger partial charge in [-0.05, 0) is 37.3 Å². The Hall–Kier alpha value is -2.31. The number of carbonyl (C=O) groups excluding carboxylic acids is 1. The van der Waals surface area contributed by atoms with Gasteiger partial charge in [-0.1, -0.05) is 41.6 Å². The number of anilines is 1. The Labute approximate surface area is 154 Å². The Morgan fingerprint density at radius 1 is 1.28 bits per heavy atom. The van der Waals surface area contributed by atoms with Gasteiger partial charge in [0.1, 0.15) is 5.82 Å². The first-order valence-electron chi connectivity index (χ1n) is 7.56. The number of para-hydroxylation sites is 1. The summed E-state index contributed by atoms with van der Waals surface area (Å²) in [6.07, 6.45) is 3.46. The van der Waals surface area contributed by atoms with Crippen molar-refractivity contribution in [3.8, 4) is 5.69 Å². The number of nitrogens with one attached hydrogen (secondary N) is 1. The molecule has 1 atom stereocenters. The van der Waals surface area contributed by atoms with Crippen LogP contribution >= 0.6 is 23.4 Å². The highest BCUT2D eigenvalue weighted by Crippen LogP contribution is 2.26. The molecule has 4 nitrogen and oxygen atoms in total. The predicted octanol–water partition coefficient (Wildman–Crippen LogP) is 4.78. The maximum atomic E-state index is 13.7. The smallest absolute Gasteiger partial charge is 0.237 e. The maximum Gasteiger partial charge on any atom is 0.237 e. The molecule has 1 heterocycles. The van der Waals surface area contributed by atoms with Crippen LogP contribution in [-0.2, 0) is 4.79 Å². The fourth-order valence-corrected chi connectivity index (χ4v) is 3.28. The molecule has 2 aromatic carbocycles. The first kappa shape index (κ1) is 17.5. The third kappa shape index (κ3) is 4.21. The monoisotopic (exact) mass is 375 g/mol. The van der Waals surface area contributed by atoms with Crippen molar-refractivity contribution in [2.75, 3.05) is 5.32 Å². The lowest BCUT2D eigenvalue weighted by Crippen LogP contribution is -2.23. The van der Waals surface area contributed by atoms with Gasteiger partial charge < -0.3 is 5.32 Å². The highest BCUT2D eigenvalue weighted by atomic mass is 35.5. The molecule has 0 unspecified atom stereocenters. The van der Waals surface area contributed by atoms with E-state index in [-0.39, 0.29) is 11.6 Å². The van der Waals surface area contributed by atoms with Crippen molar-refractivity contribution in [2.45, 2.75) is 17.3 Å². The van der Waals surface area contributed by atoms with Crippen LogP contribution in [0.1, 0.15) is 6.92 Å². The molecule has 1 aromatic heterocycles. The minimum Gasteiger partial charge on any atom is -0.323 e. The minimum atomic E-state index is -0.464. The second-order valence-corrected chi connectivity index (χ2v) is 7.03. The summed E-state index contributed by atoms with van der Waals surface area (Å²) in [6.45, 7) is 1.75. The van der Waals surface area contributed by atoms with Crippen LogP contribution < -0.4 is 5.32 Å². The number of amides is 1. The van der Waals surface area contributed by atoms with Crippen LogP contribution in [0.2, 0.25) is 5.02 Å². The Bertz CT molecular complexity index is 899. The largest absolute Gasteiger partial charge is 0.323 e. The summed E-state index contributed by atoms with van der Waals surface area (Å²) in [5.41, 5.74) is 1.02. The van der Waals surface area contributed by atoms with Gasteiger partial charge in [-0.25, -0.2) is 9.37 Å². The van der Waals surface area contributed by atoms with Gasteiger partial charge in [0.2, 0.25) is 5.91 Å². The number of thioether (sulfide) groups is 1. The van der Waals surface area contributed by atoms with Crippen LogP contribution in [0.4, 0.5) is 10.1 Å². The van der Waals surface area contributed by atoms with Crippen molar-refractivity contribution in [2.24, 2.45) is 0 Å². The van der Waals surface area contributed by atoms with Crippen molar-refractivity contribution in [1.29, 1.82) is 0 Å². The summed E-state index contributed by atoms with van der Waals surface area (Å²) in [6, 6.07) is 13.4. The Kier molecular flexibility index (Phi) is 5.40. The molecule has 128 valence electrons. The maximum absolute atomic E-state index is 13.7. The van der Waals surface area contributed by atoms with E-state index in [1.165, 1.54) is 23.9 Å². The Morgan fingerprint density at radius 3 is 2.84 bits per heavy atom. The summed E-state index contributed by atoms with van der Waals surface area (Å²) in [7, 11) is 0. The molecule has 0 spiro atoms. The number of carbonyl (C=O) groups is 1. The van der Waals surface area contributed by atoms with E-state index in [9.17, 15) is 9.18 Å². The first-order chi connectivity index (χ1) is 12.0. The van der Waals surface area contributed by atoms with Crippen molar-refractivity contribution in [3.63, 3.8) is 0 Å². The predicted molar refractivity (Wildman–Crippen MR) is 98.9 cm³/mol. The molecule has 25 heavy (non-hydrogen) atoms. The zero-order valence-electron chi connectivity index (χ0n) is 13.3. The molecule has 0 radical (unpaired) electrons. The van der Waals surface area contributed by atoms with Crippen LogP contribution in [0, 0.1) is 5.82 Å². The number of halogens is 2. The van der Waals surface area contributed by atoms with E-state index in [4.69, 9.17) is 11.6 Å². The van der Waals surface area contributed by atoms with Gasteiger partial charge in [0.15, 0.2) is 5.16 Å². The highest BCUT2D eigenvalue weighted by Gasteiger charge is 2.19. The first-order valence-corrected chi connectivity index (χ1v) is 8.81. The topological polar surface area (TPSA) is 46.9 Å². The average molecular weight is 376 g/mol. The van der Waals surface area contributed by atoms with Gasteiger partial charge in [-0.2, -0.15) is 0 Å². The van der Waals surface area contributed by atoms with E-state index in [2.05, 4.69) is 10.3 Å². The van der Waals surface area contributed by atoms with Crippen LogP contribution in [-0.4, -0.2) is 20.7 Å². The van der Waals surface area contributed by atoms with Crippen molar-refractivity contribution < 1.29 is 9.18 Å². The fraction of sp³-hybridized carbons (Fsp3) is 0.111. The molecule has 3 rings (SSSR count). The number of nitrogens with zero attached hydrogens (tertiary/aromatic N) is 2. The molecule has 0 saturated carbocycles. The zero-order chi connectivity index (χ0) is 17.8. The Balaban J connectivity index is 1.74. The van der Waals surface area contributed by atoms with Crippen LogP contribution in [0.15, 0.2) is 66.1 Å². The second kappa shape index (κ2) is 7.72. The summed E-state index contributed by atoms with van der Waals surface area (Å²) >= 11 is 7.32. The number of imidazole rings is 1. The van der Waals surface area contributed by atoms with Crippen molar-refractivity contribution in [3.05, 3.63) is 71.8 Å². The molecule has 0 saturated heterocycles.